The summed E-state index contributed by atoms with van der Waals surface area (Å²) in [6.07, 6.45) is 5.02. The second kappa shape index (κ2) is 2.88. The Morgan fingerprint density at radius 3 is 2.54 bits per heavy atom. The van der Waals surface area contributed by atoms with E-state index in [1.165, 1.54) is 0 Å². The molecule has 3 unspecified atom stereocenters. The molecular formula is C10H11NO2. The summed E-state index contributed by atoms with van der Waals surface area (Å²) in [5.74, 6) is 0.284. The molecule has 0 amide bonds. The number of carboxylic acids is 1. The number of aliphatic carboxylic acids is 1. The van der Waals surface area contributed by atoms with E-state index in [0.717, 1.165) is 0 Å². The fourth-order valence-electron chi connectivity index (χ4n) is 2.25. The number of carbonyl (C=O) groups is 1. The summed E-state index contributed by atoms with van der Waals surface area (Å²) in [5.41, 5.74) is 0. The Hall–Kier alpha value is -1.30. The van der Waals surface area contributed by atoms with Crippen LogP contribution < -0.4 is 0 Å². The van der Waals surface area contributed by atoms with Crippen LogP contribution in [0.15, 0.2) is 12.2 Å². The van der Waals surface area contributed by atoms with Gasteiger partial charge in [0.2, 0.25) is 0 Å². The minimum Gasteiger partial charge on any atom is -0.481 e. The average Bonchev–Trinajstić information content (AvgIpc) is 2.52. The van der Waals surface area contributed by atoms with Crippen LogP contribution in [0.1, 0.15) is 12.8 Å². The molecule has 0 radical (unpaired) electrons. The molecule has 1 saturated carbocycles. The van der Waals surface area contributed by atoms with Crippen LogP contribution in [0, 0.1) is 35.0 Å². The van der Waals surface area contributed by atoms with Crippen molar-refractivity contribution in [1.29, 1.82) is 5.26 Å². The van der Waals surface area contributed by atoms with Crippen LogP contribution in [-0.2, 0) is 4.79 Å². The molecule has 0 bridgehead atoms. The highest BCUT2D eigenvalue weighted by Crippen LogP contribution is 2.59. The van der Waals surface area contributed by atoms with Crippen molar-refractivity contribution in [3.8, 4) is 6.07 Å². The number of hydrogen-bond acceptors (Lipinski definition) is 2. The normalized spacial score (nSPS) is 35.5. The Morgan fingerprint density at radius 2 is 2.15 bits per heavy atom. The van der Waals surface area contributed by atoms with Crippen LogP contribution in [0.4, 0.5) is 0 Å². The number of rotatable bonds is 4. The first-order valence-corrected chi connectivity index (χ1v) is 4.54. The van der Waals surface area contributed by atoms with Crippen LogP contribution in [0.2, 0.25) is 0 Å². The molecule has 13 heavy (non-hydrogen) atoms. The van der Waals surface area contributed by atoms with E-state index < -0.39 is 5.97 Å². The van der Waals surface area contributed by atoms with Gasteiger partial charge < -0.3 is 5.11 Å². The average molecular weight is 177 g/mol. The van der Waals surface area contributed by atoms with Crippen LogP contribution in [-0.4, -0.2) is 11.1 Å². The summed E-state index contributed by atoms with van der Waals surface area (Å²) >= 11 is 0. The zero-order valence-electron chi connectivity index (χ0n) is 7.18. The monoisotopic (exact) mass is 177 g/mol. The van der Waals surface area contributed by atoms with Crippen molar-refractivity contribution < 1.29 is 9.90 Å². The Balaban J connectivity index is 1.92. The minimum absolute atomic E-state index is 0.297. The topological polar surface area (TPSA) is 61.1 Å². The highest BCUT2D eigenvalue weighted by molar-refractivity contribution is 5.71. The molecular weight excluding hydrogens is 166 g/mol. The molecule has 3 heteroatoms. The van der Waals surface area contributed by atoms with E-state index in [0.29, 0.717) is 30.6 Å². The van der Waals surface area contributed by atoms with Gasteiger partial charge >= 0.3 is 5.97 Å². The number of nitrogens with zero attached hydrogens (tertiary/aromatic N) is 1. The van der Waals surface area contributed by atoms with E-state index in [9.17, 15) is 4.79 Å². The highest BCUT2D eigenvalue weighted by atomic mass is 16.4. The predicted molar refractivity (Wildman–Crippen MR) is 45.6 cm³/mol. The maximum Gasteiger partial charge on any atom is 0.306 e. The van der Waals surface area contributed by atoms with E-state index in [4.69, 9.17) is 10.4 Å². The molecule has 2 aliphatic carbocycles. The van der Waals surface area contributed by atoms with Crippen molar-refractivity contribution in [3.63, 3.8) is 0 Å². The second-order valence-electron chi connectivity index (χ2n) is 3.76. The number of allylic oxidation sites excluding steroid dienone is 2. The SMILES string of the molecule is N#CCCC(C(=O)O)C1C2C=CC21. The van der Waals surface area contributed by atoms with Gasteiger partial charge in [-0.2, -0.15) is 5.26 Å². The zero-order valence-corrected chi connectivity index (χ0v) is 7.18. The summed E-state index contributed by atoms with van der Waals surface area (Å²) in [5, 5.41) is 17.3. The minimum atomic E-state index is -0.739. The lowest BCUT2D eigenvalue weighted by Gasteiger charge is -2.07. The molecule has 0 saturated heterocycles. The Bertz CT molecular complexity index is 291. The van der Waals surface area contributed by atoms with Crippen LogP contribution in [0.5, 0.6) is 0 Å². The Morgan fingerprint density at radius 1 is 1.54 bits per heavy atom. The quantitative estimate of drug-likeness (QED) is 0.660. The largest absolute Gasteiger partial charge is 0.481 e. The van der Waals surface area contributed by atoms with Crippen molar-refractivity contribution in [3.05, 3.63) is 12.2 Å². The molecule has 2 rings (SSSR count). The standard InChI is InChI=1S/C10H11NO2/c11-5-1-2-8(10(12)13)9-6-3-4-7(6)9/h3-4,6-9H,1-2H2,(H,12,13). The van der Waals surface area contributed by atoms with Gasteiger partial charge in [-0.15, -0.1) is 0 Å². The molecule has 0 spiro atoms. The van der Waals surface area contributed by atoms with Gasteiger partial charge in [-0.05, 0) is 24.2 Å². The first-order chi connectivity index (χ1) is 6.25. The maximum absolute atomic E-state index is 10.9. The zero-order chi connectivity index (χ0) is 9.42. The third kappa shape index (κ3) is 1.23. The van der Waals surface area contributed by atoms with Crippen LogP contribution in [0.25, 0.3) is 0 Å². The summed E-state index contributed by atoms with van der Waals surface area (Å²) < 4.78 is 0. The van der Waals surface area contributed by atoms with E-state index in [1.807, 2.05) is 6.07 Å². The summed E-state index contributed by atoms with van der Waals surface area (Å²) in [4.78, 5) is 10.9. The van der Waals surface area contributed by atoms with E-state index >= 15 is 0 Å². The lowest BCUT2D eigenvalue weighted by molar-refractivity contribution is -0.142. The lowest BCUT2D eigenvalue weighted by Crippen LogP contribution is -2.16. The van der Waals surface area contributed by atoms with Gasteiger partial charge in [0.25, 0.3) is 0 Å². The van der Waals surface area contributed by atoms with Gasteiger partial charge in [0.05, 0.1) is 12.0 Å². The van der Waals surface area contributed by atoms with Crippen molar-refractivity contribution in [2.24, 2.45) is 23.7 Å². The summed E-state index contributed by atoms with van der Waals surface area (Å²) in [6.45, 7) is 0. The Labute approximate surface area is 76.7 Å². The van der Waals surface area contributed by atoms with E-state index in [2.05, 4.69) is 12.2 Å². The molecule has 0 aliphatic heterocycles. The molecule has 0 heterocycles. The van der Waals surface area contributed by atoms with Gasteiger partial charge in [-0.3, -0.25) is 4.79 Å². The molecule has 0 aromatic rings. The Kier molecular flexibility index (Phi) is 1.84. The van der Waals surface area contributed by atoms with E-state index in [-0.39, 0.29) is 5.92 Å². The molecule has 0 aromatic carbocycles. The fraction of sp³-hybridized carbons (Fsp3) is 0.600. The third-order valence-electron chi connectivity index (χ3n) is 3.10. The van der Waals surface area contributed by atoms with Gasteiger partial charge in [-0.25, -0.2) is 0 Å². The molecule has 3 atom stereocenters. The van der Waals surface area contributed by atoms with Crippen molar-refractivity contribution >= 4 is 5.97 Å². The van der Waals surface area contributed by atoms with Crippen molar-refractivity contribution in [2.75, 3.05) is 0 Å². The van der Waals surface area contributed by atoms with Gasteiger partial charge in [0, 0.05) is 6.42 Å². The van der Waals surface area contributed by atoms with Crippen molar-refractivity contribution in [2.45, 2.75) is 12.8 Å². The fourth-order valence-corrected chi connectivity index (χ4v) is 2.25. The first-order valence-electron chi connectivity index (χ1n) is 4.54. The third-order valence-corrected chi connectivity index (χ3v) is 3.10. The van der Waals surface area contributed by atoms with Gasteiger partial charge in [0.15, 0.2) is 0 Å². The molecule has 68 valence electrons. The number of fused-ring (bicyclic) bond motifs is 1. The molecule has 1 fully saturated rings. The highest BCUT2D eigenvalue weighted by Gasteiger charge is 2.57. The number of hydrogen-bond donors (Lipinski definition) is 1. The smallest absolute Gasteiger partial charge is 0.306 e. The van der Waals surface area contributed by atoms with E-state index in [1.54, 1.807) is 0 Å². The van der Waals surface area contributed by atoms with Gasteiger partial charge in [0.1, 0.15) is 0 Å². The van der Waals surface area contributed by atoms with Crippen LogP contribution in [0.3, 0.4) is 0 Å². The number of carboxylic acid groups (broad SMARTS) is 1. The summed E-state index contributed by atoms with van der Waals surface area (Å²) in [6, 6.07) is 2.00. The molecule has 2 aliphatic rings. The van der Waals surface area contributed by atoms with Gasteiger partial charge in [-0.1, -0.05) is 12.2 Å². The second-order valence-corrected chi connectivity index (χ2v) is 3.76. The first kappa shape index (κ1) is 8.31. The summed E-state index contributed by atoms with van der Waals surface area (Å²) in [7, 11) is 0. The maximum atomic E-state index is 10.9. The lowest BCUT2D eigenvalue weighted by atomic mass is 9.97. The predicted octanol–water partition coefficient (Wildman–Crippen LogP) is 1.42. The molecule has 1 N–H and O–H groups in total. The van der Waals surface area contributed by atoms with Crippen molar-refractivity contribution in [1.82, 2.24) is 0 Å². The van der Waals surface area contributed by atoms with Crippen LogP contribution >= 0.6 is 0 Å². The molecule has 3 nitrogen and oxygen atoms in total. The molecule has 0 aromatic heterocycles. The number of nitriles is 1.